The molecule has 0 bridgehead atoms. The Morgan fingerprint density at radius 2 is 2.10 bits per heavy atom. The van der Waals surface area contributed by atoms with Crippen molar-refractivity contribution in [3.05, 3.63) is 54.4 Å². The van der Waals surface area contributed by atoms with Crippen LogP contribution in [0, 0.1) is 0 Å². The van der Waals surface area contributed by atoms with Crippen LogP contribution in [0.15, 0.2) is 53.9 Å². The largest absolute Gasteiger partial charge is 0.488 e. The number of rotatable bonds is 7. The van der Waals surface area contributed by atoms with Crippen molar-refractivity contribution in [3.8, 4) is 22.9 Å². The van der Waals surface area contributed by atoms with Gasteiger partial charge in [-0.25, -0.2) is 9.97 Å². The van der Waals surface area contributed by atoms with Crippen LogP contribution in [0.2, 0.25) is 0 Å². The monoisotopic (exact) mass is 409 g/mol. The van der Waals surface area contributed by atoms with Crippen LogP contribution in [0.25, 0.3) is 11.3 Å². The molecule has 0 saturated heterocycles. The molecule has 1 atom stereocenters. The molecule has 1 aliphatic heterocycles. The Hall–Kier alpha value is -3.20. The van der Waals surface area contributed by atoms with Gasteiger partial charge in [-0.3, -0.25) is 4.79 Å². The lowest BCUT2D eigenvalue weighted by Crippen LogP contribution is -2.35. The van der Waals surface area contributed by atoms with Gasteiger partial charge in [-0.15, -0.1) is 10.2 Å². The van der Waals surface area contributed by atoms with Crippen molar-refractivity contribution in [1.29, 1.82) is 0 Å². The van der Waals surface area contributed by atoms with E-state index in [4.69, 9.17) is 9.47 Å². The molecule has 0 saturated carbocycles. The van der Waals surface area contributed by atoms with Gasteiger partial charge in [-0.05, 0) is 35.9 Å². The molecular formula is C20H19N5O3S. The van der Waals surface area contributed by atoms with Crippen LogP contribution in [-0.2, 0) is 11.2 Å². The molecule has 4 rings (SSSR count). The van der Waals surface area contributed by atoms with E-state index in [2.05, 4.69) is 31.5 Å². The van der Waals surface area contributed by atoms with Crippen molar-refractivity contribution in [2.45, 2.75) is 17.7 Å². The average Bonchev–Trinajstić information content (AvgIpc) is 3.19. The van der Waals surface area contributed by atoms with Crippen LogP contribution < -0.4 is 14.8 Å². The number of carbonyl (C=O) groups excluding carboxylic acids is 1. The number of methoxy groups -OCH3 is 1. The lowest BCUT2D eigenvalue weighted by Gasteiger charge is -2.11. The van der Waals surface area contributed by atoms with Crippen LogP contribution in [0.5, 0.6) is 11.6 Å². The molecule has 8 nitrogen and oxygen atoms in total. The molecule has 1 amide bonds. The fourth-order valence-corrected chi connectivity index (χ4v) is 3.58. The van der Waals surface area contributed by atoms with Crippen LogP contribution in [0.4, 0.5) is 0 Å². The Morgan fingerprint density at radius 1 is 1.24 bits per heavy atom. The van der Waals surface area contributed by atoms with E-state index in [1.807, 2.05) is 18.2 Å². The molecular weight excluding hydrogens is 390 g/mol. The third-order valence-corrected chi connectivity index (χ3v) is 5.22. The number of carbonyl (C=O) groups is 1. The zero-order chi connectivity index (χ0) is 20.1. The van der Waals surface area contributed by atoms with Gasteiger partial charge >= 0.3 is 0 Å². The molecule has 148 valence electrons. The van der Waals surface area contributed by atoms with Gasteiger partial charge in [0.15, 0.2) is 5.16 Å². The number of nitrogens with zero attached hydrogens (tertiary/aromatic N) is 4. The number of aromatic nitrogens is 4. The maximum absolute atomic E-state index is 12.1. The third kappa shape index (κ3) is 4.80. The number of ether oxygens (including phenoxy) is 2. The van der Waals surface area contributed by atoms with Crippen LogP contribution in [0.1, 0.15) is 5.56 Å². The van der Waals surface area contributed by atoms with E-state index in [9.17, 15) is 4.79 Å². The van der Waals surface area contributed by atoms with Crippen molar-refractivity contribution in [3.63, 3.8) is 0 Å². The minimum atomic E-state index is -0.0934. The second-order valence-electron chi connectivity index (χ2n) is 6.35. The van der Waals surface area contributed by atoms with Crippen molar-refractivity contribution in [2.75, 3.05) is 19.4 Å². The Labute approximate surface area is 172 Å². The highest BCUT2D eigenvalue weighted by molar-refractivity contribution is 7.99. The summed E-state index contributed by atoms with van der Waals surface area (Å²) in [6.07, 6.45) is 3.94. The van der Waals surface area contributed by atoms with Crippen LogP contribution in [0.3, 0.4) is 0 Å². The van der Waals surface area contributed by atoms with Crippen molar-refractivity contribution in [1.82, 2.24) is 25.5 Å². The highest BCUT2D eigenvalue weighted by atomic mass is 32.2. The molecule has 3 aromatic rings. The van der Waals surface area contributed by atoms with Crippen LogP contribution in [-0.4, -0.2) is 51.6 Å². The Balaban J connectivity index is 1.30. The van der Waals surface area contributed by atoms with E-state index >= 15 is 0 Å². The molecule has 29 heavy (non-hydrogen) atoms. The summed E-state index contributed by atoms with van der Waals surface area (Å²) in [7, 11) is 1.56. The number of amides is 1. The molecule has 1 N–H and O–H groups in total. The molecule has 0 spiro atoms. The Bertz CT molecular complexity index is 985. The van der Waals surface area contributed by atoms with Crippen LogP contribution >= 0.6 is 11.8 Å². The Kier molecular flexibility index (Phi) is 5.85. The van der Waals surface area contributed by atoms with E-state index in [-0.39, 0.29) is 17.8 Å². The topological polar surface area (TPSA) is 99.1 Å². The normalized spacial score (nSPS) is 14.7. The molecule has 0 unspecified atom stereocenters. The number of hydrogen-bond acceptors (Lipinski definition) is 8. The van der Waals surface area contributed by atoms with E-state index in [1.54, 1.807) is 31.6 Å². The van der Waals surface area contributed by atoms with Gasteiger partial charge in [0.05, 0.1) is 25.1 Å². The SMILES string of the molecule is COc1ccc(-c2ccc3c(c2)C[C@@H](CNC(=O)CSc2ncccn2)O3)nn1. The predicted octanol–water partition coefficient (Wildman–Crippen LogP) is 2.15. The number of nitrogens with one attached hydrogen (secondary N) is 1. The maximum Gasteiger partial charge on any atom is 0.233 e. The first-order valence-corrected chi connectivity index (χ1v) is 10.0. The minimum absolute atomic E-state index is 0.0730. The number of thioether (sulfide) groups is 1. The summed E-state index contributed by atoms with van der Waals surface area (Å²) in [6.45, 7) is 0.446. The first kappa shape index (κ1) is 19.1. The number of benzene rings is 1. The summed E-state index contributed by atoms with van der Waals surface area (Å²) in [5.41, 5.74) is 2.82. The standard InChI is InChI=1S/C20H19N5O3S/c1-27-19-6-4-16(24-25-19)13-3-5-17-14(9-13)10-15(28-17)11-23-18(26)12-29-20-21-7-2-8-22-20/h2-9,15H,10-12H2,1H3,(H,23,26)/t15-/m0/s1. The highest BCUT2D eigenvalue weighted by Crippen LogP contribution is 2.32. The molecule has 2 aromatic heterocycles. The van der Waals surface area contributed by atoms with Crippen molar-refractivity contribution in [2.24, 2.45) is 0 Å². The number of fused-ring (bicyclic) bond motifs is 1. The fraction of sp³-hybridized carbons (Fsp3) is 0.250. The minimum Gasteiger partial charge on any atom is -0.488 e. The molecule has 3 heterocycles. The maximum atomic E-state index is 12.1. The van der Waals surface area contributed by atoms with Gasteiger partial charge in [0.2, 0.25) is 11.8 Å². The fourth-order valence-electron chi connectivity index (χ4n) is 2.95. The quantitative estimate of drug-likeness (QED) is 0.468. The van der Waals surface area contributed by atoms with E-state index < -0.39 is 0 Å². The molecule has 9 heteroatoms. The lowest BCUT2D eigenvalue weighted by molar-refractivity contribution is -0.118. The molecule has 1 aromatic carbocycles. The van der Waals surface area contributed by atoms with E-state index in [0.29, 0.717) is 17.6 Å². The zero-order valence-corrected chi connectivity index (χ0v) is 16.6. The summed E-state index contributed by atoms with van der Waals surface area (Å²) in [6, 6.07) is 11.3. The van der Waals surface area contributed by atoms with Gasteiger partial charge in [-0.1, -0.05) is 11.8 Å². The Morgan fingerprint density at radius 3 is 2.86 bits per heavy atom. The average molecular weight is 409 g/mol. The van der Waals surface area contributed by atoms with E-state index in [0.717, 1.165) is 29.0 Å². The predicted molar refractivity (Wildman–Crippen MR) is 108 cm³/mol. The van der Waals surface area contributed by atoms with Gasteiger partial charge in [0.25, 0.3) is 0 Å². The van der Waals surface area contributed by atoms with Crippen molar-refractivity contribution >= 4 is 17.7 Å². The highest BCUT2D eigenvalue weighted by Gasteiger charge is 2.24. The molecule has 0 fully saturated rings. The van der Waals surface area contributed by atoms with Gasteiger partial charge < -0.3 is 14.8 Å². The second kappa shape index (κ2) is 8.87. The first-order valence-electron chi connectivity index (χ1n) is 9.05. The van der Waals surface area contributed by atoms with E-state index in [1.165, 1.54) is 11.8 Å². The molecule has 0 radical (unpaired) electrons. The lowest BCUT2D eigenvalue weighted by atomic mass is 10.0. The van der Waals surface area contributed by atoms with Crippen molar-refractivity contribution < 1.29 is 14.3 Å². The smallest absolute Gasteiger partial charge is 0.233 e. The molecule has 1 aliphatic rings. The molecule has 0 aliphatic carbocycles. The second-order valence-corrected chi connectivity index (χ2v) is 7.29. The van der Waals surface area contributed by atoms with Gasteiger partial charge in [0.1, 0.15) is 11.9 Å². The van der Waals surface area contributed by atoms with Gasteiger partial charge in [-0.2, -0.15) is 0 Å². The first-order chi connectivity index (χ1) is 14.2. The summed E-state index contributed by atoms with van der Waals surface area (Å²) in [5, 5.41) is 11.7. The zero-order valence-electron chi connectivity index (χ0n) is 15.7. The third-order valence-electron chi connectivity index (χ3n) is 4.35. The number of hydrogen-bond donors (Lipinski definition) is 1. The van der Waals surface area contributed by atoms with Gasteiger partial charge in [0, 0.05) is 30.4 Å². The summed E-state index contributed by atoms with van der Waals surface area (Å²) in [4.78, 5) is 20.2. The summed E-state index contributed by atoms with van der Waals surface area (Å²) < 4.78 is 11.0. The summed E-state index contributed by atoms with van der Waals surface area (Å²) in [5.74, 6) is 1.51. The summed E-state index contributed by atoms with van der Waals surface area (Å²) >= 11 is 1.30.